The van der Waals surface area contributed by atoms with E-state index in [4.69, 9.17) is 11.6 Å². The van der Waals surface area contributed by atoms with E-state index >= 15 is 0 Å². The second kappa shape index (κ2) is 5.97. The number of rotatable bonds is 5. The van der Waals surface area contributed by atoms with E-state index in [1.54, 1.807) is 0 Å². The van der Waals surface area contributed by atoms with Gasteiger partial charge in [-0.1, -0.05) is 18.2 Å². The zero-order valence-corrected chi connectivity index (χ0v) is 8.69. The van der Waals surface area contributed by atoms with E-state index in [0.717, 1.165) is 0 Å². The summed E-state index contributed by atoms with van der Waals surface area (Å²) in [5.74, 6) is -1.13. The third-order valence-electron chi connectivity index (χ3n) is 1.21. The lowest BCUT2D eigenvalue weighted by molar-refractivity contribution is -0.217. The molecule has 3 nitrogen and oxygen atoms in total. The van der Waals surface area contributed by atoms with Crippen molar-refractivity contribution in [3.63, 3.8) is 0 Å². The predicted octanol–water partition coefficient (Wildman–Crippen LogP) is 2.60. The van der Waals surface area contributed by atoms with Gasteiger partial charge < -0.3 is 9.47 Å². The largest absolute Gasteiger partial charge is 0.431 e. The molecule has 0 spiro atoms. The molecule has 0 N–H and O–H groups in total. The van der Waals surface area contributed by atoms with Crippen LogP contribution in [0.5, 0.6) is 0 Å². The monoisotopic (exact) mass is 246 g/mol. The summed E-state index contributed by atoms with van der Waals surface area (Å²) in [5.41, 5.74) is 0. The molecule has 7 heteroatoms. The van der Waals surface area contributed by atoms with Gasteiger partial charge in [-0.3, -0.25) is 0 Å². The molecule has 0 bridgehead atoms. The van der Waals surface area contributed by atoms with Crippen molar-refractivity contribution >= 4 is 17.6 Å². The van der Waals surface area contributed by atoms with Crippen LogP contribution in [0.15, 0.2) is 11.6 Å². The van der Waals surface area contributed by atoms with E-state index in [1.165, 1.54) is 6.92 Å². The molecule has 0 aliphatic carbocycles. The highest BCUT2D eigenvalue weighted by Gasteiger charge is 2.34. The molecule has 0 aromatic carbocycles. The maximum atomic E-state index is 12.0. The lowest BCUT2D eigenvalue weighted by Crippen LogP contribution is -2.27. The average Bonchev–Trinajstić information content (AvgIpc) is 2.00. The number of hydrogen-bond donors (Lipinski definition) is 0. The van der Waals surface area contributed by atoms with Crippen molar-refractivity contribution in [2.45, 2.75) is 25.8 Å². The molecule has 0 amide bonds. The Morgan fingerprint density at radius 1 is 1.53 bits per heavy atom. The van der Waals surface area contributed by atoms with E-state index in [0.29, 0.717) is 0 Å². The summed E-state index contributed by atoms with van der Waals surface area (Å²) in [4.78, 5) is 10.8. The highest BCUT2D eigenvalue weighted by Crippen LogP contribution is 2.24. The third kappa shape index (κ3) is 7.21. The number of carbonyl (C=O) groups is 1. The van der Waals surface area contributed by atoms with Crippen LogP contribution < -0.4 is 0 Å². The van der Waals surface area contributed by atoms with Gasteiger partial charge in [-0.05, 0) is 6.92 Å². The van der Waals surface area contributed by atoms with Gasteiger partial charge in [-0.15, -0.1) is 0 Å². The first-order valence-electron chi connectivity index (χ1n) is 4.00. The molecule has 0 heterocycles. The molecular formula is C8H10ClF3O3. The van der Waals surface area contributed by atoms with Gasteiger partial charge in [0.1, 0.15) is 11.5 Å². The lowest BCUT2D eigenvalue weighted by Gasteiger charge is -2.18. The zero-order valence-electron chi connectivity index (χ0n) is 7.94. The fourth-order valence-corrected chi connectivity index (χ4v) is 0.737. The van der Waals surface area contributed by atoms with Gasteiger partial charge >= 0.3 is 12.1 Å². The Balaban J connectivity index is 4.28. The van der Waals surface area contributed by atoms with Crippen molar-refractivity contribution in [1.82, 2.24) is 0 Å². The van der Waals surface area contributed by atoms with E-state index in [2.05, 4.69) is 16.1 Å². The maximum absolute atomic E-state index is 12.0. The summed E-state index contributed by atoms with van der Waals surface area (Å²) in [6, 6.07) is 0. The quantitative estimate of drug-likeness (QED) is 0.425. The SMILES string of the molecule is C=C(Cl)C(=O)OC(CC(F)(F)F)OCC. The average molecular weight is 247 g/mol. The number of alkyl halides is 3. The Bertz CT molecular complexity index is 240. The smallest absolute Gasteiger partial charge is 0.395 e. The topological polar surface area (TPSA) is 35.5 Å². The van der Waals surface area contributed by atoms with Crippen molar-refractivity contribution in [2.24, 2.45) is 0 Å². The van der Waals surface area contributed by atoms with Gasteiger partial charge in [0.05, 0.1) is 0 Å². The maximum Gasteiger partial charge on any atom is 0.395 e. The third-order valence-corrected chi connectivity index (χ3v) is 1.36. The summed E-state index contributed by atoms with van der Waals surface area (Å²) in [6.45, 7) is 4.49. The summed E-state index contributed by atoms with van der Waals surface area (Å²) in [5, 5.41) is -0.498. The van der Waals surface area contributed by atoms with Crippen LogP contribution in [-0.2, 0) is 14.3 Å². The van der Waals surface area contributed by atoms with Crippen LogP contribution in [0, 0.1) is 0 Å². The van der Waals surface area contributed by atoms with Crippen LogP contribution in [0.2, 0.25) is 0 Å². The predicted molar refractivity (Wildman–Crippen MR) is 47.2 cm³/mol. The second-order valence-electron chi connectivity index (χ2n) is 2.51. The fraction of sp³-hybridized carbons (Fsp3) is 0.625. The molecule has 15 heavy (non-hydrogen) atoms. The van der Waals surface area contributed by atoms with Gasteiger partial charge in [0.2, 0.25) is 6.29 Å². The Kier molecular flexibility index (Phi) is 5.67. The van der Waals surface area contributed by atoms with Crippen molar-refractivity contribution in [2.75, 3.05) is 6.61 Å². The summed E-state index contributed by atoms with van der Waals surface area (Å²) >= 11 is 5.14. The van der Waals surface area contributed by atoms with Gasteiger partial charge in [-0.2, -0.15) is 13.2 Å². The van der Waals surface area contributed by atoms with Crippen LogP contribution in [0.3, 0.4) is 0 Å². The second-order valence-corrected chi connectivity index (χ2v) is 2.97. The molecule has 0 fully saturated rings. The summed E-state index contributed by atoms with van der Waals surface area (Å²) < 4.78 is 44.8. The van der Waals surface area contributed by atoms with E-state index in [9.17, 15) is 18.0 Å². The number of ether oxygens (including phenoxy) is 2. The molecule has 0 aliphatic heterocycles. The molecule has 1 atom stereocenters. The van der Waals surface area contributed by atoms with Crippen LogP contribution in [-0.4, -0.2) is 25.0 Å². The number of halogens is 4. The van der Waals surface area contributed by atoms with Crippen molar-refractivity contribution in [3.8, 4) is 0 Å². The van der Waals surface area contributed by atoms with E-state index < -0.39 is 29.9 Å². The molecule has 0 aliphatic rings. The van der Waals surface area contributed by atoms with E-state index in [1.807, 2.05) is 0 Å². The number of esters is 1. The van der Waals surface area contributed by atoms with Crippen LogP contribution in [0.25, 0.3) is 0 Å². The zero-order chi connectivity index (χ0) is 12.1. The molecule has 0 saturated heterocycles. The van der Waals surface area contributed by atoms with Crippen molar-refractivity contribution in [1.29, 1.82) is 0 Å². The standard InChI is InChI=1S/C8H10ClF3O3/c1-3-14-6(4-8(10,11)12)15-7(13)5(2)9/h6H,2-4H2,1H3. The Morgan fingerprint density at radius 2 is 2.07 bits per heavy atom. The molecule has 88 valence electrons. The molecule has 0 rings (SSSR count). The highest BCUT2D eigenvalue weighted by molar-refractivity contribution is 6.40. The van der Waals surface area contributed by atoms with Gasteiger partial charge in [-0.25, -0.2) is 4.79 Å². The first-order valence-corrected chi connectivity index (χ1v) is 4.37. The Morgan fingerprint density at radius 3 is 2.40 bits per heavy atom. The Labute approximate surface area is 89.8 Å². The fourth-order valence-electron chi connectivity index (χ4n) is 0.693. The van der Waals surface area contributed by atoms with Crippen molar-refractivity contribution < 1.29 is 27.4 Å². The summed E-state index contributed by atoms with van der Waals surface area (Å²) in [6.07, 6.45) is -7.54. The minimum absolute atomic E-state index is 0.0111. The molecule has 0 radical (unpaired) electrons. The van der Waals surface area contributed by atoms with Crippen LogP contribution >= 0.6 is 11.6 Å². The highest BCUT2D eigenvalue weighted by atomic mass is 35.5. The number of hydrogen-bond acceptors (Lipinski definition) is 3. The normalized spacial score (nSPS) is 13.4. The molecule has 0 aromatic heterocycles. The van der Waals surface area contributed by atoms with Gasteiger partial charge in [0, 0.05) is 6.61 Å². The molecular weight excluding hydrogens is 237 g/mol. The first kappa shape index (κ1) is 14.2. The summed E-state index contributed by atoms with van der Waals surface area (Å²) in [7, 11) is 0. The minimum atomic E-state index is -4.48. The molecule has 1 unspecified atom stereocenters. The van der Waals surface area contributed by atoms with Crippen LogP contribution in [0.1, 0.15) is 13.3 Å². The van der Waals surface area contributed by atoms with E-state index in [-0.39, 0.29) is 6.61 Å². The van der Waals surface area contributed by atoms with Gasteiger partial charge in [0.25, 0.3) is 0 Å². The van der Waals surface area contributed by atoms with Crippen LogP contribution in [0.4, 0.5) is 13.2 Å². The minimum Gasteiger partial charge on any atom is -0.431 e. The lowest BCUT2D eigenvalue weighted by atomic mass is 10.4. The number of carbonyl (C=O) groups excluding carboxylic acids is 1. The molecule has 0 saturated carbocycles. The Hall–Kier alpha value is -0.750. The van der Waals surface area contributed by atoms with Crippen molar-refractivity contribution in [3.05, 3.63) is 11.6 Å². The van der Waals surface area contributed by atoms with Gasteiger partial charge in [0.15, 0.2) is 0 Å². The molecule has 0 aromatic rings. The first-order chi connectivity index (χ1) is 6.76.